The SMILES string of the molecule is Cc1nc(Cc2csc(N=C(N)N)n2)n[nH]1. The minimum absolute atomic E-state index is 0.00892. The van der Waals surface area contributed by atoms with E-state index >= 15 is 0 Å². The van der Waals surface area contributed by atoms with Gasteiger partial charge < -0.3 is 11.5 Å². The summed E-state index contributed by atoms with van der Waals surface area (Å²) < 4.78 is 0. The average Bonchev–Trinajstić information content (AvgIpc) is 2.76. The smallest absolute Gasteiger partial charge is 0.212 e. The molecule has 7 nitrogen and oxygen atoms in total. The van der Waals surface area contributed by atoms with Crippen molar-refractivity contribution in [3.63, 3.8) is 0 Å². The third kappa shape index (κ3) is 2.54. The zero-order valence-corrected chi connectivity index (χ0v) is 9.45. The standard InChI is InChI=1S/C8H11N7S/c1-4-11-6(15-14-4)2-5-3-16-8(12-5)13-7(9)10/h3H,2H2,1H3,(H,11,14,15)(H4,9,10,12,13). The van der Waals surface area contributed by atoms with Gasteiger partial charge in [0.25, 0.3) is 0 Å². The van der Waals surface area contributed by atoms with E-state index in [4.69, 9.17) is 11.5 Å². The molecular weight excluding hydrogens is 226 g/mol. The van der Waals surface area contributed by atoms with Gasteiger partial charge in [-0.1, -0.05) is 0 Å². The lowest BCUT2D eigenvalue weighted by Gasteiger charge is -1.89. The summed E-state index contributed by atoms with van der Waals surface area (Å²) in [5.74, 6) is 1.50. The predicted octanol–water partition coefficient (Wildman–Crippen LogP) is 0.0653. The minimum atomic E-state index is 0.00892. The molecule has 0 saturated carbocycles. The molecule has 0 aliphatic carbocycles. The molecule has 0 aromatic carbocycles. The Morgan fingerprint density at radius 3 is 2.94 bits per heavy atom. The fourth-order valence-electron chi connectivity index (χ4n) is 1.17. The van der Waals surface area contributed by atoms with Gasteiger partial charge in [0.1, 0.15) is 5.82 Å². The number of guanidine groups is 1. The number of H-pyrrole nitrogens is 1. The van der Waals surface area contributed by atoms with Crippen molar-refractivity contribution in [2.45, 2.75) is 13.3 Å². The second kappa shape index (κ2) is 4.27. The lowest BCUT2D eigenvalue weighted by Crippen LogP contribution is -2.21. The van der Waals surface area contributed by atoms with E-state index < -0.39 is 0 Å². The van der Waals surface area contributed by atoms with Crippen LogP contribution in [0.1, 0.15) is 17.3 Å². The summed E-state index contributed by atoms with van der Waals surface area (Å²) in [6.07, 6.45) is 0.570. The van der Waals surface area contributed by atoms with E-state index in [9.17, 15) is 0 Å². The first-order valence-electron chi connectivity index (χ1n) is 4.55. The molecule has 0 aliphatic heterocycles. The van der Waals surface area contributed by atoms with Crippen molar-refractivity contribution in [1.29, 1.82) is 0 Å². The number of aromatic amines is 1. The highest BCUT2D eigenvalue weighted by Crippen LogP contribution is 2.19. The monoisotopic (exact) mass is 237 g/mol. The van der Waals surface area contributed by atoms with Crippen LogP contribution in [-0.2, 0) is 6.42 Å². The number of thiazole rings is 1. The molecule has 2 heterocycles. The normalized spacial score (nSPS) is 10.3. The molecule has 8 heteroatoms. The van der Waals surface area contributed by atoms with Gasteiger partial charge in [-0.05, 0) is 6.92 Å². The van der Waals surface area contributed by atoms with Crippen LogP contribution in [0.2, 0.25) is 0 Å². The Labute approximate surface area is 95.6 Å². The molecule has 0 spiro atoms. The van der Waals surface area contributed by atoms with E-state index in [1.165, 1.54) is 11.3 Å². The van der Waals surface area contributed by atoms with E-state index in [1.807, 2.05) is 12.3 Å². The van der Waals surface area contributed by atoms with Crippen LogP contribution >= 0.6 is 11.3 Å². The summed E-state index contributed by atoms with van der Waals surface area (Å²) in [6, 6.07) is 0. The predicted molar refractivity (Wildman–Crippen MR) is 61.5 cm³/mol. The number of aromatic nitrogens is 4. The van der Waals surface area contributed by atoms with Gasteiger partial charge in [0.2, 0.25) is 5.13 Å². The second-order valence-corrected chi connectivity index (χ2v) is 4.01. The maximum Gasteiger partial charge on any atom is 0.212 e. The molecule has 16 heavy (non-hydrogen) atoms. The second-order valence-electron chi connectivity index (χ2n) is 3.17. The van der Waals surface area contributed by atoms with Crippen LogP contribution < -0.4 is 11.5 Å². The number of hydrogen-bond donors (Lipinski definition) is 3. The number of nitrogens with zero attached hydrogens (tertiary/aromatic N) is 4. The molecule has 0 aliphatic rings. The van der Waals surface area contributed by atoms with Crippen molar-refractivity contribution in [3.8, 4) is 0 Å². The van der Waals surface area contributed by atoms with E-state index in [2.05, 4.69) is 25.2 Å². The highest BCUT2D eigenvalue weighted by molar-refractivity contribution is 7.13. The minimum Gasteiger partial charge on any atom is -0.370 e. The summed E-state index contributed by atoms with van der Waals surface area (Å²) in [4.78, 5) is 12.3. The summed E-state index contributed by atoms with van der Waals surface area (Å²) >= 11 is 1.38. The molecule has 0 fully saturated rings. The van der Waals surface area contributed by atoms with Gasteiger partial charge in [0.15, 0.2) is 11.8 Å². The van der Waals surface area contributed by atoms with E-state index in [1.54, 1.807) is 0 Å². The molecule has 2 aromatic rings. The van der Waals surface area contributed by atoms with Crippen molar-refractivity contribution in [1.82, 2.24) is 20.2 Å². The summed E-state index contributed by atoms with van der Waals surface area (Å²) in [5.41, 5.74) is 11.4. The third-order valence-corrected chi connectivity index (χ3v) is 2.53. The lowest BCUT2D eigenvalue weighted by molar-refractivity contribution is 0.949. The molecular formula is C8H11N7S. The van der Waals surface area contributed by atoms with Gasteiger partial charge in [-0.2, -0.15) is 10.1 Å². The Bertz CT molecular complexity index is 508. The molecule has 0 radical (unpaired) electrons. The van der Waals surface area contributed by atoms with Crippen LogP contribution in [0.4, 0.5) is 5.13 Å². The average molecular weight is 237 g/mol. The van der Waals surface area contributed by atoms with Crippen LogP contribution in [0.5, 0.6) is 0 Å². The van der Waals surface area contributed by atoms with E-state index in [0.717, 1.165) is 11.5 Å². The van der Waals surface area contributed by atoms with Crippen LogP contribution in [0.3, 0.4) is 0 Å². The van der Waals surface area contributed by atoms with E-state index in [-0.39, 0.29) is 5.96 Å². The van der Waals surface area contributed by atoms with Crippen molar-refractivity contribution >= 4 is 22.4 Å². The highest BCUT2D eigenvalue weighted by Gasteiger charge is 2.05. The first-order chi connectivity index (χ1) is 7.63. The number of aryl methyl sites for hydroxylation is 1. The largest absolute Gasteiger partial charge is 0.370 e. The topological polar surface area (TPSA) is 119 Å². The van der Waals surface area contributed by atoms with Crippen LogP contribution in [-0.4, -0.2) is 26.1 Å². The van der Waals surface area contributed by atoms with Gasteiger partial charge >= 0.3 is 0 Å². The Morgan fingerprint density at radius 1 is 1.50 bits per heavy atom. The molecule has 0 atom stereocenters. The summed E-state index contributed by atoms with van der Waals surface area (Å²) in [6.45, 7) is 1.85. The number of nitrogens with two attached hydrogens (primary N) is 2. The van der Waals surface area contributed by atoms with Crippen molar-refractivity contribution in [2.24, 2.45) is 16.5 Å². The molecule has 84 valence electrons. The molecule has 0 amide bonds. The zero-order valence-electron chi connectivity index (χ0n) is 8.64. The number of aliphatic imine (C=N–C) groups is 1. The molecule has 0 bridgehead atoms. The van der Waals surface area contributed by atoms with E-state index in [0.29, 0.717) is 17.4 Å². The van der Waals surface area contributed by atoms with Crippen LogP contribution in [0.15, 0.2) is 10.4 Å². The third-order valence-electron chi connectivity index (χ3n) is 1.75. The fourth-order valence-corrected chi connectivity index (χ4v) is 1.87. The summed E-state index contributed by atoms with van der Waals surface area (Å²) in [5, 5.41) is 9.23. The molecule has 0 saturated heterocycles. The maximum absolute atomic E-state index is 5.25. The fraction of sp³-hybridized carbons (Fsp3) is 0.250. The number of nitrogens with one attached hydrogen (secondary N) is 1. The lowest BCUT2D eigenvalue weighted by atomic mass is 10.3. The number of rotatable bonds is 3. The van der Waals surface area contributed by atoms with Gasteiger partial charge in [-0.15, -0.1) is 11.3 Å². The zero-order chi connectivity index (χ0) is 11.5. The first kappa shape index (κ1) is 10.6. The Morgan fingerprint density at radius 2 is 2.31 bits per heavy atom. The molecule has 2 rings (SSSR count). The van der Waals surface area contributed by atoms with Gasteiger partial charge in [-0.3, -0.25) is 5.10 Å². The van der Waals surface area contributed by atoms with Gasteiger partial charge in [0, 0.05) is 5.38 Å². The first-order valence-corrected chi connectivity index (χ1v) is 5.43. The quantitative estimate of drug-likeness (QED) is 0.515. The molecule has 2 aromatic heterocycles. The van der Waals surface area contributed by atoms with Crippen molar-refractivity contribution in [3.05, 3.63) is 22.7 Å². The molecule has 5 N–H and O–H groups in total. The van der Waals surface area contributed by atoms with Gasteiger partial charge in [0.05, 0.1) is 12.1 Å². The maximum atomic E-state index is 5.25. The van der Waals surface area contributed by atoms with Crippen LogP contribution in [0, 0.1) is 6.92 Å². The van der Waals surface area contributed by atoms with Gasteiger partial charge in [-0.25, -0.2) is 9.97 Å². The molecule has 0 unspecified atom stereocenters. The van der Waals surface area contributed by atoms with Crippen molar-refractivity contribution in [2.75, 3.05) is 0 Å². The van der Waals surface area contributed by atoms with Crippen LogP contribution in [0.25, 0.3) is 0 Å². The Kier molecular flexibility index (Phi) is 2.82. The highest BCUT2D eigenvalue weighted by atomic mass is 32.1. The summed E-state index contributed by atoms with van der Waals surface area (Å²) in [7, 11) is 0. The number of hydrogen-bond acceptors (Lipinski definition) is 5. The van der Waals surface area contributed by atoms with Crippen molar-refractivity contribution < 1.29 is 0 Å². The Balaban J connectivity index is 2.11. The Hall–Kier alpha value is -1.96.